The summed E-state index contributed by atoms with van der Waals surface area (Å²) in [6, 6.07) is 7.29. The van der Waals surface area contributed by atoms with Crippen molar-refractivity contribution in [1.82, 2.24) is 5.32 Å². The number of carbonyl (C=O) groups excluding carboxylic acids is 1. The third-order valence-electron chi connectivity index (χ3n) is 2.59. The van der Waals surface area contributed by atoms with Crippen molar-refractivity contribution in [3.05, 3.63) is 35.4 Å². The minimum Gasteiger partial charge on any atom is -0.465 e. The maximum absolute atomic E-state index is 11.9. The first-order chi connectivity index (χ1) is 8.82. The molecule has 2 N–H and O–H groups in total. The molecule has 5 heteroatoms. The lowest BCUT2D eigenvalue weighted by molar-refractivity contribution is 0.0617. The van der Waals surface area contributed by atoms with Crippen molar-refractivity contribution in [2.24, 2.45) is 0 Å². The Kier molecular flexibility index (Phi) is 5.06. The van der Waals surface area contributed by atoms with Gasteiger partial charge in [-0.25, -0.2) is 4.79 Å². The molecule has 1 aromatic carbocycles. The van der Waals surface area contributed by atoms with Crippen molar-refractivity contribution in [2.75, 3.05) is 13.2 Å². The zero-order valence-corrected chi connectivity index (χ0v) is 11.4. The van der Waals surface area contributed by atoms with E-state index >= 15 is 0 Å². The molecule has 1 aromatic rings. The van der Waals surface area contributed by atoms with E-state index in [1.165, 1.54) is 0 Å². The van der Waals surface area contributed by atoms with Gasteiger partial charge in [0.15, 0.2) is 5.78 Å². The minimum absolute atomic E-state index is 0.0599. The lowest BCUT2D eigenvalue weighted by Gasteiger charge is -2.24. The summed E-state index contributed by atoms with van der Waals surface area (Å²) >= 11 is 0. The Bertz CT molecular complexity index is 468. The first-order valence-electron chi connectivity index (χ1n) is 5.99. The van der Waals surface area contributed by atoms with Gasteiger partial charge in [0.1, 0.15) is 6.61 Å². The van der Waals surface area contributed by atoms with E-state index in [9.17, 15) is 9.59 Å². The second kappa shape index (κ2) is 6.33. The van der Waals surface area contributed by atoms with E-state index in [1.807, 2.05) is 19.1 Å². The Morgan fingerprint density at radius 3 is 2.53 bits per heavy atom. The van der Waals surface area contributed by atoms with Gasteiger partial charge in [0, 0.05) is 5.56 Å². The SMILES string of the molecule is Cc1ccccc1C(=O)COCC(C)(C)NC(=O)O. The van der Waals surface area contributed by atoms with E-state index in [1.54, 1.807) is 26.0 Å². The Hall–Kier alpha value is -1.88. The van der Waals surface area contributed by atoms with Gasteiger partial charge in [0.2, 0.25) is 0 Å². The van der Waals surface area contributed by atoms with E-state index in [4.69, 9.17) is 9.84 Å². The molecule has 104 valence electrons. The molecule has 0 bridgehead atoms. The summed E-state index contributed by atoms with van der Waals surface area (Å²) in [6.07, 6.45) is -1.11. The van der Waals surface area contributed by atoms with E-state index < -0.39 is 11.6 Å². The maximum atomic E-state index is 11.9. The molecule has 1 rings (SSSR count). The van der Waals surface area contributed by atoms with Crippen LogP contribution >= 0.6 is 0 Å². The Labute approximate surface area is 112 Å². The number of ether oxygens (including phenoxy) is 1. The summed E-state index contributed by atoms with van der Waals surface area (Å²) in [5.41, 5.74) is 0.809. The quantitative estimate of drug-likeness (QED) is 0.773. The fraction of sp³-hybridized carbons (Fsp3) is 0.429. The van der Waals surface area contributed by atoms with Crippen LogP contribution in [-0.2, 0) is 4.74 Å². The fourth-order valence-corrected chi connectivity index (χ4v) is 1.69. The molecule has 0 spiro atoms. The van der Waals surface area contributed by atoms with Crippen molar-refractivity contribution in [3.63, 3.8) is 0 Å². The number of rotatable bonds is 6. The molecule has 0 aliphatic heterocycles. The Balaban J connectivity index is 2.48. The number of hydrogen-bond donors (Lipinski definition) is 2. The average molecular weight is 265 g/mol. The number of hydrogen-bond acceptors (Lipinski definition) is 3. The van der Waals surface area contributed by atoms with Crippen LogP contribution in [0.2, 0.25) is 0 Å². The zero-order chi connectivity index (χ0) is 14.5. The van der Waals surface area contributed by atoms with Gasteiger partial charge in [-0.1, -0.05) is 24.3 Å². The summed E-state index contributed by atoms with van der Waals surface area (Å²) in [5.74, 6) is -0.107. The average Bonchev–Trinajstić information content (AvgIpc) is 2.27. The molecule has 0 heterocycles. The van der Waals surface area contributed by atoms with Crippen LogP contribution in [0.4, 0.5) is 4.79 Å². The molecule has 0 aromatic heterocycles. The molecule has 5 nitrogen and oxygen atoms in total. The van der Waals surface area contributed by atoms with Gasteiger partial charge in [-0.15, -0.1) is 0 Å². The van der Waals surface area contributed by atoms with Crippen molar-refractivity contribution in [1.29, 1.82) is 0 Å². The highest BCUT2D eigenvalue weighted by molar-refractivity contribution is 5.98. The topological polar surface area (TPSA) is 75.6 Å². The fourth-order valence-electron chi connectivity index (χ4n) is 1.69. The minimum atomic E-state index is -1.11. The van der Waals surface area contributed by atoms with Crippen LogP contribution in [0.25, 0.3) is 0 Å². The summed E-state index contributed by atoms with van der Waals surface area (Å²) in [6.45, 7) is 5.33. The van der Waals surface area contributed by atoms with Crippen molar-refractivity contribution in [3.8, 4) is 0 Å². The molecule has 0 unspecified atom stereocenters. The van der Waals surface area contributed by atoms with E-state index in [-0.39, 0.29) is 19.0 Å². The van der Waals surface area contributed by atoms with Crippen LogP contribution in [-0.4, -0.2) is 35.7 Å². The first-order valence-corrected chi connectivity index (χ1v) is 5.99. The number of nitrogens with one attached hydrogen (secondary N) is 1. The number of carboxylic acid groups (broad SMARTS) is 1. The third-order valence-corrected chi connectivity index (χ3v) is 2.59. The van der Waals surface area contributed by atoms with Gasteiger partial charge >= 0.3 is 6.09 Å². The van der Waals surface area contributed by atoms with Gasteiger partial charge in [-0.05, 0) is 26.3 Å². The van der Waals surface area contributed by atoms with Gasteiger partial charge in [0.05, 0.1) is 12.1 Å². The zero-order valence-electron chi connectivity index (χ0n) is 11.4. The molecular weight excluding hydrogens is 246 g/mol. The molecule has 0 radical (unpaired) electrons. The van der Waals surface area contributed by atoms with Crippen LogP contribution in [0.15, 0.2) is 24.3 Å². The molecule has 0 saturated heterocycles. The second-order valence-electron chi connectivity index (χ2n) is 5.04. The van der Waals surface area contributed by atoms with Crippen molar-refractivity contribution in [2.45, 2.75) is 26.3 Å². The van der Waals surface area contributed by atoms with Gasteiger partial charge in [-0.2, -0.15) is 0 Å². The molecular formula is C14H19NO4. The van der Waals surface area contributed by atoms with Crippen LogP contribution < -0.4 is 5.32 Å². The van der Waals surface area contributed by atoms with Crippen molar-refractivity contribution < 1.29 is 19.4 Å². The summed E-state index contributed by atoms with van der Waals surface area (Å²) in [4.78, 5) is 22.5. The highest BCUT2D eigenvalue weighted by Crippen LogP contribution is 2.09. The predicted octanol–water partition coefficient (Wildman–Crippen LogP) is 2.24. The van der Waals surface area contributed by atoms with Crippen molar-refractivity contribution >= 4 is 11.9 Å². The first kappa shape index (κ1) is 15.2. The molecule has 19 heavy (non-hydrogen) atoms. The highest BCUT2D eigenvalue weighted by atomic mass is 16.5. The molecule has 0 aliphatic rings. The highest BCUT2D eigenvalue weighted by Gasteiger charge is 2.21. The largest absolute Gasteiger partial charge is 0.465 e. The number of aryl methyl sites for hydroxylation is 1. The number of benzene rings is 1. The maximum Gasteiger partial charge on any atom is 0.405 e. The van der Waals surface area contributed by atoms with Crippen LogP contribution in [0, 0.1) is 6.92 Å². The van der Waals surface area contributed by atoms with E-state index in [0.717, 1.165) is 5.56 Å². The van der Waals surface area contributed by atoms with Crippen LogP contribution in [0.5, 0.6) is 0 Å². The lowest BCUT2D eigenvalue weighted by Crippen LogP contribution is -2.46. The van der Waals surface area contributed by atoms with E-state index in [0.29, 0.717) is 5.56 Å². The van der Waals surface area contributed by atoms with Gasteiger partial charge in [0.25, 0.3) is 0 Å². The number of Topliss-reactive ketones (excluding diaryl/α,β-unsaturated/α-hetero) is 1. The summed E-state index contributed by atoms with van der Waals surface area (Å²) in [5, 5.41) is 11.0. The van der Waals surface area contributed by atoms with Crippen LogP contribution in [0.3, 0.4) is 0 Å². The van der Waals surface area contributed by atoms with Gasteiger partial charge < -0.3 is 15.2 Å². The number of carbonyl (C=O) groups is 2. The molecule has 1 amide bonds. The van der Waals surface area contributed by atoms with E-state index in [2.05, 4.69) is 5.32 Å². The second-order valence-corrected chi connectivity index (χ2v) is 5.04. The van der Waals surface area contributed by atoms with Crippen LogP contribution in [0.1, 0.15) is 29.8 Å². The monoisotopic (exact) mass is 265 g/mol. The summed E-state index contributed by atoms with van der Waals surface area (Å²) < 4.78 is 5.30. The Morgan fingerprint density at radius 2 is 1.95 bits per heavy atom. The molecule has 0 fully saturated rings. The molecule has 0 saturated carbocycles. The normalized spacial score (nSPS) is 11.1. The lowest BCUT2D eigenvalue weighted by atomic mass is 10.1. The smallest absolute Gasteiger partial charge is 0.405 e. The molecule has 0 aliphatic carbocycles. The van der Waals surface area contributed by atoms with Gasteiger partial charge in [-0.3, -0.25) is 4.79 Å². The Morgan fingerprint density at radius 1 is 1.32 bits per heavy atom. The predicted molar refractivity (Wildman–Crippen MR) is 71.6 cm³/mol. The molecule has 0 atom stereocenters. The number of ketones is 1. The summed E-state index contributed by atoms with van der Waals surface area (Å²) in [7, 11) is 0. The number of amides is 1. The standard InChI is InChI=1S/C14H19NO4/c1-10-6-4-5-7-11(10)12(16)8-19-9-14(2,3)15-13(17)18/h4-7,15H,8-9H2,1-3H3,(H,17,18). The third kappa shape index (κ3) is 5.09.